The molecule has 3 nitrogen and oxygen atoms in total. The van der Waals surface area contributed by atoms with Gasteiger partial charge in [-0.3, -0.25) is 9.59 Å². The van der Waals surface area contributed by atoms with Crippen molar-refractivity contribution >= 4 is 34.1 Å². The van der Waals surface area contributed by atoms with Crippen LogP contribution in [0.2, 0.25) is 0 Å². The lowest BCUT2D eigenvalue weighted by Crippen LogP contribution is -2.37. The summed E-state index contributed by atoms with van der Waals surface area (Å²) in [5, 5.41) is 3.83. The largest absolute Gasteiger partial charge is 0.340 e. The number of thiophene rings is 1. The van der Waals surface area contributed by atoms with Gasteiger partial charge >= 0.3 is 0 Å². The van der Waals surface area contributed by atoms with Crippen molar-refractivity contribution in [1.29, 1.82) is 0 Å². The topological polar surface area (TPSA) is 46.2 Å². The van der Waals surface area contributed by atoms with Crippen LogP contribution < -0.4 is 5.32 Å². The predicted octanol–water partition coefficient (Wildman–Crippen LogP) is 2.02. The second-order valence-corrected chi connectivity index (χ2v) is 4.04. The standard InChI is InChI=1S/C9H10ClNO2S/c1-2-6(8(10)12)11-9(13)7-4-3-5-14-7/h3-6H,2H2,1H3,(H,11,13). The Morgan fingerprint density at radius 2 is 2.36 bits per heavy atom. The van der Waals surface area contributed by atoms with Gasteiger partial charge < -0.3 is 5.32 Å². The fourth-order valence-electron chi connectivity index (χ4n) is 0.956. The molecule has 0 saturated carbocycles. The molecule has 0 bridgehead atoms. The summed E-state index contributed by atoms with van der Waals surface area (Å²) in [5.74, 6) is -0.249. The Balaban J connectivity index is 2.60. The second kappa shape index (κ2) is 5.12. The molecule has 0 aromatic carbocycles. The molecule has 76 valence electrons. The molecule has 1 aromatic rings. The number of carbonyl (C=O) groups excluding carboxylic acids is 2. The van der Waals surface area contributed by atoms with E-state index < -0.39 is 11.3 Å². The van der Waals surface area contributed by atoms with E-state index in [9.17, 15) is 9.59 Å². The first-order valence-electron chi connectivity index (χ1n) is 4.19. The number of rotatable bonds is 4. The molecule has 0 radical (unpaired) electrons. The molecule has 0 spiro atoms. The lowest BCUT2D eigenvalue weighted by molar-refractivity contribution is -0.113. The SMILES string of the molecule is CCC(NC(=O)c1cccs1)C(=O)Cl. The van der Waals surface area contributed by atoms with Crippen molar-refractivity contribution in [3.63, 3.8) is 0 Å². The van der Waals surface area contributed by atoms with Gasteiger partial charge in [0.15, 0.2) is 0 Å². The summed E-state index contributed by atoms with van der Waals surface area (Å²) < 4.78 is 0. The lowest BCUT2D eigenvalue weighted by atomic mass is 10.2. The molecule has 1 heterocycles. The molecule has 0 aliphatic rings. The maximum Gasteiger partial charge on any atom is 0.261 e. The van der Waals surface area contributed by atoms with Crippen LogP contribution in [-0.2, 0) is 4.79 Å². The number of halogens is 1. The molecule has 1 N–H and O–H groups in total. The summed E-state index contributed by atoms with van der Waals surface area (Å²) in [6, 6.07) is 2.89. The minimum absolute atomic E-state index is 0.249. The van der Waals surface area contributed by atoms with Crippen LogP contribution in [0.1, 0.15) is 23.0 Å². The van der Waals surface area contributed by atoms with Crippen LogP contribution in [0.15, 0.2) is 17.5 Å². The summed E-state index contributed by atoms with van der Waals surface area (Å²) in [6.45, 7) is 1.79. The molecule has 0 aliphatic heterocycles. The van der Waals surface area contributed by atoms with Crippen LogP contribution >= 0.6 is 22.9 Å². The van der Waals surface area contributed by atoms with E-state index in [1.165, 1.54) is 11.3 Å². The fraction of sp³-hybridized carbons (Fsp3) is 0.333. The van der Waals surface area contributed by atoms with E-state index in [4.69, 9.17) is 11.6 Å². The van der Waals surface area contributed by atoms with E-state index in [0.717, 1.165) is 0 Å². The molecule has 5 heteroatoms. The third-order valence-corrected chi connectivity index (χ3v) is 2.86. The molecular formula is C9H10ClNO2S. The highest BCUT2D eigenvalue weighted by Crippen LogP contribution is 2.09. The van der Waals surface area contributed by atoms with Gasteiger partial charge in [-0.25, -0.2) is 0 Å². The van der Waals surface area contributed by atoms with Gasteiger partial charge in [-0.2, -0.15) is 0 Å². The Kier molecular flexibility index (Phi) is 4.10. The van der Waals surface area contributed by atoms with Crippen LogP contribution in [0, 0.1) is 0 Å². The van der Waals surface area contributed by atoms with Crippen LogP contribution in [0.4, 0.5) is 0 Å². The zero-order chi connectivity index (χ0) is 10.6. The monoisotopic (exact) mass is 231 g/mol. The molecule has 1 rings (SSSR count). The van der Waals surface area contributed by atoms with Crippen LogP contribution in [0.5, 0.6) is 0 Å². The fourth-order valence-corrected chi connectivity index (χ4v) is 1.79. The van der Waals surface area contributed by atoms with Gasteiger partial charge in [0.05, 0.1) is 4.88 Å². The normalized spacial score (nSPS) is 12.1. The maximum absolute atomic E-state index is 11.5. The number of nitrogens with one attached hydrogen (secondary N) is 1. The van der Waals surface area contributed by atoms with Crippen LogP contribution in [0.25, 0.3) is 0 Å². The van der Waals surface area contributed by atoms with Crippen molar-refractivity contribution in [3.8, 4) is 0 Å². The molecular weight excluding hydrogens is 222 g/mol. The van der Waals surface area contributed by atoms with E-state index in [0.29, 0.717) is 11.3 Å². The Bertz CT molecular complexity index is 324. The van der Waals surface area contributed by atoms with E-state index in [1.54, 1.807) is 24.4 Å². The minimum Gasteiger partial charge on any atom is -0.340 e. The lowest BCUT2D eigenvalue weighted by Gasteiger charge is -2.10. The average Bonchev–Trinajstić information content (AvgIpc) is 2.65. The summed E-state index contributed by atoms with van der Waals surface area (Å²) in [4.78, 5) is 22.9. The third kappa shape index (κ3) is 2.82. The quantitative estimate of drug-likeness (QED) is 0.806. The molecule has 0 saturated heterocycles. The first kappa shape index (κ1) is 11.2. The molecule has 0 fully saturated rings. The Hall–Kier alpha value is -0.870. The van der Waals surface area contributed by atoms with Gasteiger partial charge in [-0.05, 0) is 29.5 Å². The van der Waals surface area contributed by atoms with Gasteiger partial charge in [0.1, 0.15) is 6.04 Å². The zero-order valence-corrected chi connectivity index (χ0v) is 9.19. The van der Waals surface area contributed by atoms with Crippen molar-refractivity contribution in [2.45, 2.75) is 19.4 Å². The van der Waals surface area contributed by atoms with E-state index in [-0.39, 0.29) is 5.91 Å². The molecule has 14 heavy (non-hydrogen) atoms. The number of amides is 1. The van der Waals surface area contributed by atoms with Gasteiger partial charge in [-0.15, -0.1) is 11.3 Å². The minimum atomic E-state index is -0.591. The van der Waals surface area contributed by atoms with Crippen molar-refractivity contribution < 1.29 is 9.59 Å². The van der Waals surface area contributed by atoms with Crippen LogP contribution in [0.3, 0.4) is 0 Å². The summed E-state index contributed by atoms with van der Waals surface area (Å²) >= 11 is 6.63. The van der Waals surface area contributed by atoms with E-state index >= 15 is 0 Å². The van der Waals surface area contributed by atoms with Crippen molar-refractivity contribution in [2.75, 3.05) is 0 Å². The summed E-state index contributed by atoms with van der Waals surface area (Å²) in [5.41, 5.74) is 0. The van der Waals surface area contributed by atoms with Crippen LogP contribution in [-0.4, -0.2) is 17.2 Å². The third-order valence-electron chi connectivity index (χ3n) is 1.73. The Labute approximate surface area is 91.1 Å². The van der Waals surface area contributed by atoms with Crippen molar-refractivity contribution in [1.82, 2.24) is 5.32 Å². The van der Waals surface area contributed by atoms with Gasteiger partial charge in [-0.1, -0.05) is 13.0 Å². The number of carbonyl (C=O) groups is 2. The number of hydrogen-bond donors (Lipinski definition) is 1. The molecule has 1 amide bonds. The molecule has 1 aromatic heterocycles. The van der Waals surface area contributed by atoms with E-state index in [2.05, 4.69) is 5.32 Å². The maximum atomic E-state index is 11.5. The van der Waals surface area contributed by atoms with Gasteiger partial charge in [0, 0.05) is 0 Å². The highest BCUT2D eigenvalue weighted by Gasteiger charge is 2.17. The first-order chi connectivity index (χ1) is 6.65. The van der Waals surface area contributed by atoms with Crippen molar-refractivity contribution in [3.05, 3.63) is 22.4 Å². The van der Waals surface area contributed by atoms with E-state index in [1.807, 2.05) is 0 Å². The van der Waals surface area contributed by atoms with Crippen molar-refractivity contribution in [2.24, 2.45) is 0 Å². The summed E-state index contributed by atoms with van der Waals surface area (Å²) in [7, 11) is 0. The smallest absolute Gasteiger partial charge is 0.261 e. The molecule has 1 atom stereocenters. The second-order valence-electron chi connectivity index (χ2n) is 2.72. The van der Waals surface area contributed by atoms with Gasteiger partial charge in [0.25, 0.3) is 5.91 Å². The Morgan fingerprint density at radius 3 is 2.79 bits per heavy atom. The molecule has 1 unspecified atom stereocenters. The zero-order valence-electron chi connectivity index (χ0n) is 7.62. The predicted molar refractivity (Wildman–Crippen MR) is 56.7 cm³/mol. The molecule has 0 aliphatic carbocycles. The van der Waals surface area contributed by atoms with Gasteiger partial charge in [0.2, 0.25) is 5.24 Å². The highest BCUT2D eigenvalue weighted by molar-refractivity contribution is 7.12. The number of hydrogen-bond acceptors (Lipinski definition) is 3. The first-order valence-corrected chi connectivity index (χ1v) is 5.44. The highest BCUT2D eigenvalue weighted by atomic mass is 35.5. The summed E-state index contributed by atoms with van der Waals surface area (Å²) in [6.07, 6.45) is 0.499. The Morgan fingerprint density at radius 1 is 1.64 bits per heavy atom. The average molecular weight is 232 g/mol.